The topological polar surface area (TPSA) is 24.9 Å². The van der Waals surface area contributed by atoms with Gasteiger partial charge < -0.3 is 5.32 Å². The summed E-state index contributed by atoms with van der Waals surface area (Å²) in [6.45, 7) is 5.19. The lowest BCUT2D eigenvalue weighted by atomic mass is 9.93. The highest BCUT2D eigenvalue weighted by atomic mass is 32.1. The van der Waals surface area contributed by atoms with Gasteiger partial charge in [-0.2, -0.15) is 0 Å². The van der Waals surface area contributed by atoms with Crippen LogP contribution in [0.1, 0.15) is 34.8 Å². The van der Waals surface area contributed by atoms with Crippen molar-refractivity contribution in [1.29, 1.82) is 0 Å². The first-order valence-electron chi connectivity index (χ1n) is 4.92. The van der Waals surface area contributed by atoms with Crippen LogP contribution in [0.5, 0.6) is 0 Å². The summed E-state index contributed by atoms with van der Waals surface area (Å²) in [6, 6.07) is 0.779. The number of rotatable bonds is 3. The van der Waals surface area contributed by atoms with Gasteiger partial charge in [0.15, 0.2) is 0 Å². The van der Waals surface area contributed by atoms with Crippen molar-refractivity contribution in [3.8, 4) is 0 Å². The van der Waals surface area contributed by atoms with E-state index in [0.29, 0.717) is 0 Å². The Balaban J connectivity index is 1.89. The Morgan fingerprint density at radius 2 is 2.23 bits per heavy atom. The van der Waals surface area contributed by atoms with Crippen LogP contribution in [0.25, 0.3) is 0 Å². The predicted octanol–water partition coefficient (Wildman–Crippen LogP) is 2.40. The van der Waals surface area contributed by atoms with Crippen LogP contribution in [-0.2, 0) is 6.54 Å². The van der Waals surface area contributed by atoms with Gasteiger partial charge in [0.05, 0.1) is 10.7 Å². The summed E-state index contributed by atoms with van der Waals surface area (Å²) < 4.78 is 0. The fourth-order valence-corrected chi connectivity index (χ4v) is 2.47. The average molecular weight is 196 g/mol. The minimum atomic E-state index is 0.779. The lowest BCUT2D eigenvalue weighted by Crippen LogP contribution is -2.34. The van der Waals surface area contributed by atoms with Crippen molar-refractivity contribution in [2.24, 2.45) is 0 Å². The summed E-state index contributed by atoms with van der Waals surface area (Å²) in [5.41, 5.74) is 1.20. The summed E-state index contributed by atoms with van der Waals surface area (Å²) in [6.07, 6.45) is 4.12. The molecule has 0 unspecified atom stereocenters. The van der Waals surface area contributed by atoms with E-state index < -0.39 is 0 Å². The predicted molar refractivity (Wildman–Crippen MR) is 56.1 cm³/mol. The summed E-state index contributed by atoms with van der Waals surface area (Å²) in [7, 11) is 0. The number of hydrogen-bond donors (Lipinski definition) is 1. The number of hydrogen-bond acceptors (Lipinski definition) is 3. The fraction of sp³-hybridized carbons (Fsp3) is 0.700. The maximum atomic E-state index is 4.41. The van der Waals surface area contributed by atoms with Crippen LogP contribution in [0.15, 0.2) is 0 Å². The van der Waals surface area contributed by atoms with Crippen LogP contribution in [-0.4, -0.2) is 11.0 Å². The van der Waals surface area contributed by atoms with Crippen LogP contribution in [0, 0.1) is 13.8 Å². The van der Waals surface area contributed by atoms with E-state index in [1.54, 1.807) is 0 Å². The third kappa shape index (κ3) is 2.09. The standard InChI is InChI=1S/C10H16N2S/c1-7-10(13-8(2)12-7)6-11-9-4-3-5-9/h9,11H,3-6H2,1-2H3. The molecule has 0 amide bonds. The molecule has 2 rings (SSSR count). The first kappa shape index (κ1) is 9.16. The highest BCUT2D eigenvalue weighted by Crippen LogP contribution is 2.21. The molecule has 0 aromatic carbocycles. The van der Waals surface area contributed by atoms with Crippen LogP contribution in [0.4, 0.5) is 0 Å². The smallest absolute Gasteiger partial charge is 0.0900 e. The number of thiazole rings is 1. The molecule has 1 aromatic heterocycles. The molecular weight excluding hydrogens is 180 g/mol. The van der Waals surface area contributed by atoms with E-state index in [1.807, 2.05) is 11.3 Å². The van der Waals surface area contributed by atoms with E-state index in [9.17, 15) is 0 Å². The molecule has 13 heavy (non-hydrogen) atoms. The van der Waals surface area contributed by atoms with Crippen LogP contribution in [0.3, 0.4) is 0 Å². The van der Waals surface area contributed by atoms with Crippen molar-refractivity contribution in [1.82, 2.24) is 10.3 Å². The molecule has 1 N–H and O–H groups in total. The largest absolute Gasteiger partial charge is 0.309 e. The van der Waals surface area contributed by atoms with Gasteiger partial charge in [0.25, 0.3) is 0 Å². The molecule has 1 aliphatic rings. The fourth-order valence-electron chi connectivity index (χ4n) is 1.59. The molecule has 2 nitrogen and oxygen atoms in total. The van der Waals surface area contributed by atoms with Crippen molar-refractivity contribution in [2.75, 3.05) is 0 Å². The molecule has 0 atom stereocenters. The number of nitrogens with one attached hydrogen (secondary N) is 1. The molecular formula is C10H16N2S. The van der Waals surface area contributed by atoms with E-state index in [-0.39, 0.29) is 0 Å². The van der Waals surface area contributed by atoms with Gasteiger partial charge in [0.2, 0.25) is 0 Å². The number of aromatic nitrogens is 1. The third-order valence-corrected chi connectivity index (χ3v) is 3.73. The molecule has 1 fully saturated rings. The monoisotopic (exact) mass is 196 g/mol. The van der Waals surface area contributed by atoms with Gasteiger partial charge in [0.1, 0.15) is 0 Å². The summed E-state index contributed by atoms with van der Waals surface area (Å²) in [5, 5.41) is 4.74. The molecule has 0 radical (unpaired) electrons. The summed E-state index contributed by atoms with van der Waals surface area (Å²) in [5.74, 6) is 0. The van der Waals surface area contributed by atoms with Crippen LogP contribution < -0.4 is 5.32 Å². The maximum Gasteiger partial charge on any atom is 0.0900 e. The molecule has 1 aliphatic carbocycles. The molecule has 3 heteroatoms. The first-order chi connectivity index (χ1) is 6.25. The van der Waals surface area contributed by atoms with Gasteiger partial charge >= 0.3 is 0 Å². The molecule has 0 aliphatic heterocycles. The van der Waals surface area contributed by atoms with Gasteiger partial charge in [-0.3, -0.25) is 0 Å². The first-order valence-corrected chi connectivity index (χ1v) is 5.73. The van der Waals surface area contributed by atoms with Gasteiger partial charge in [-0.1, -0.05) is 6.42 Å². The summed E-state index contributed by atoms with van der Waals surface area (Å²) >= 11 is 1.82. The second kappa shape index (κ2) is 3.76. The Kier molecular flexibility index (Phi) is 2.65. The molecule has 0 saturated heterocycles. The second-order valence-electron chi connectivity index (χ2n) is 3.75. The zero-order valence-electron chi connectivity index (χ0n) is 8.26. The Bertz CT molecular complexity index is 289. The van der Waals surface area contributed by atoms with E-state index in [1.165, 1.54) is 34.8 Å². The second-order valence-corrected chi connectivity index (χ2v) is 5.04. The maximum absolute atomic E-state index is 4.41. The van der Waals surface area contributed by atoms with Crippen molar-refractivity contribution in [3.63, 3.8) is 0 Å². The van der Waals surface area contributed by atoms with E-state index in [2.05, 4.69) is 24.1 Å². The van der Waals surface area contributed by atoms with Crippen molar-refractivity contribution < 1.29 is 0 Å². The Hall–Kier alpha value is -0.410. The van der Waals surface area contributed by atoms with Crippen LogP contribution >= 0.6 is 11.3 Å². The van der Waals surface area contributed by atoms with E-state index >= 15 is 0 Å². The lowest BCUT2D eigenvalue weighted by Gasteiger charge is -2.26. The third-order valence-electron chi connectivity index (χ3n) is 2.66. The Morgan fingerprint density at radius 1 is 1.46 bits per heavy atom. The number of aryl methyl sites for hydroxylation is 2. The zero-order chi connectivity index (χ0) is 9.26. The highest BCUT2D eigenvalue weighted by molar-refractivity contribution is 7.11. The van der Waals surface area contributed by atoms with Gasteiger partial charge in [-0.25, -0.2) is 4.98 Å². The minimum Gasteiger partial charge on any atom is -0.309 e. The zero-order valence-corrected chi connectivity index (χ0v) is 9.08. The van der Waals surface area contributed by atoms with Crippen LogP contribution in [0.2, 0.25) is 0 Å². The van der Waals surface area contributed by atoms with E-state index in [4.69, 9.17) is 0 Å². The lowest BCUT2D eigenvalue weighted by molar-refractivity contribution is 0.339. The van der Waals surface area contributed by atoms with Gasteiger partial charge in [-0.05, 0) is 26.7 Å². The number of nitrogens with zero attached hydrogens (tertiary/aromatic N) is 1. The molecule has 0 spiro atoms. The van der Waals surface area contributed by atoms with Gasteiger partial charge in [-0.15, -0.1) is 11.3 Å². The Morgan fingerprint density at radius 3 is 2.69 bits per heavy atom. The molecule has 1 heterocycles. The quantitative estimate of drug-likeness (QED) is 0.803. The normalized spacial score (nSPS) is 17.4. The van der Waals surface area contributed by atoms with Crippen molar-refractivity contribution in [2.45, 2.75) is 45.7 Å². The van der Waals surface area contributed by atoms with Gasteiger partial charge in [0, 0.05) is 17.5 Å². The molecule has 1 saturated carbocycles. The SMILES string of the molecule is Cc1nc(C)c(CNC2CCC2)s1. The summed E-state index contributed by atoms with van der Waals surface area (Å²) in [4.78, 5) is 5.82. The molecule has 0 bridgehead atoms. The highest BCUT2D eigenvalue weighted by Gasteiger charge is 2.16. The van der Waals surface area contributed by atoms with E-state index in [0.717, 1.165) is 12.6 Å². The molecule has 72 valence electrons. The average Bonchev–Trinajstić information content (AvgIpc) is 2.27. The molecule has 1 aromatic rings. The minimum absolute atomic E-state index is 0.779. The van der Waals surface area contributed by atoms with Crippen molar-refractivity contribution >= 4 is 11.3 Å². The Labute approximate surface area is 83.4 Å². The van der Waals surface area contributed by atoms with Crippen molar-refractivity contribution in [3.05, 3.63) is 15.6 Å².